The zero-order valence-corrected chi connectivity index (χ0v) is 24.4. The monoisotopic (exact) mass is 632 g/mol. The molecule has 1 heterocycles. The fourth-order valence-corrected chi connectivity index (χ4v) is 5.44. The largest absolute Gasteiger partial charge is 0.481 e. The van der Waals surface area contributed by atoms with Crippen LogP contribution in [0.3, 0.4) is 0 Å². The molecule has 3 aromatic rings. The molecule has 0 saturated carbocycles. The maximum absolute atomic E-state index is 13.7. The highest BCUT2D eigenvalue weighted by molar-refractivity contribution is 7.99. The lowest BCUT2D eigenvalue weighted by molar-refractivity contribution is -0.137. The Morgan fingerprint density at radius 3 is 2.42 bits per heavy atom. The van der Waals surface area contributed by atoms with Gasteiger partial charge in [-0.15, -0.1) is 11.8 Å². The average Bonchev–Trinajstić information content (AvgIpc) is 2.98. The van der Waals surface area contributed by atoms with E-state index in [9.17, 15) is 27.6 Å². The highest BCUT2D eigenvalue weighted by Gasteiger charge is 2.33. The first kappa shape index (κ1) is 31.9. The molecule has 3 amide bonds. The molecule has 43 heavy (non-hydrogen) atoms. The average molecular weight is 633 g/mol. The molecule has 0 unspecified atom stereocenters. The van der Waals surface area contributed by atoms with Gasteiger partial charge < -0.3 is 10.0 Å². The number of carboxylic acid groups (broad SMARTS) is 1. The second-order valence-electron chi connectivity index (χ2n) is 9.70. The van der Waals surface area contributed by atoms with Crippen LogP contribution in [0.25, 0.3) is 0 Å². The summed E-state index contributed by atoms with van der Waals surface area (Å²) >= 11 is 6.84. The Balaban J connectivity index is 1.58. The van der Waals surface area contributed by atoms with Crippen LogP contribution in [0.1, 0.15) is 46.3 Å². The number of anilines is 2. The van der Waals surface area contributed by atoms with Crippen LogP contribution in [0, 0.1) is 0 Å². The van der Waals surface area contributed by atoms with E-state index < -0.39 is 34.7 Å². The predicted octanol–water partition coefficient (Wildman–Crippen LogP) is 7.06. The Morgan fingerprint density at radius 2 is 1.74 bits per heavy atom. The van der Waals surface area contributed by atoms with Gasteiger partial charge in [0, 0.05) is 30.1 Å². The lowest BCUT2D eigenvalue weighted by Gasteiger charge is -2.29. The molecule has 0 spiro atoms. The number of hydrazone groups is 1. The number of benzene rings is 3. The third kappa shape index (κ3) is 8.74. The topological polar surface area (TPSA) is 102 Å². The number of aliphatic carboxylic acids is 1. The zero-order chi connectivity index (χ0) is 31.0. The number of hydrogen-bond donors (Lipinski definition) is 2. The molecule has 1 aliphatic heterocycles. The van der Waals surface area contributed by atoms with Gasteiger partial charge >= 0.3 is 18.2 Å². The van der Waals surface area contributed by atoms with Gasteiger partial charge in [0.25, 0.3) is 5.91 Å². The second kappa shape index (κ2) is 14.4. The number of carbonyl (C=O) groups excluding carboxylic acids is 2. The molecule has 0 radical (unpaired) electrons. The molecule has 1 saturated heterocycles. The van der Waals surface area contributed by atoms with E-state index in [1.165, 1.54) is 30.3 Å². The standard InChI is InChI=1S/C30H28ClF3N4O4S/c31-26-12-7-20(16-25(26)30(32,33)34)17-35-36-29(42)38(24-10-8-23(9-11-24)37-13-2-1-3-14-37)28(41)22-6-4-5-21(15-22)18-43-19-27(39)40/h4-12,15-17H,1-3,13-14,18-19H2,(H,36,42)(H,39,40). The fraction of sp³-hybridized carbons (Fsp3) is 0.267. The van der Waals surface area contributed by atoms with Gasteiger partial charge in [-0.2, -0.15) is 18.3 Å². The molecule has 0 bridgehead atoms. The molecule has 3 aromatic carbocycles. The van der Waals surface area contributed by atoms with Crippen molar-refractivity contribution in [1.82, 2.24) is 5.43 Å². The predicted molar refractivity (Wildman–Crippen MR) is 162 cm³/mol. The van der Waals surface area contributed by atoms with Gasteiger partial charge in [0.2, 0.25) is 0 Å². The van der Waals surface area contributed by atoms with E-state index in [4.69, 9.17) is 16.7 Å². The molecule has 0 aliphatic carbocycles. The summed E-state index contributed by atoms with van der Waals surface area (Å²) in [6, 6.07) is 15.7. The molecule has 1 aliphatic rings. The van der Waals surface area contributed by atoms with Crippen molar-refractivity contribution >= 4 is 58.9 Å². The zero-order valence-electron chi connectivity index (χ0n) is 22.8. The molecular weight excluding hydrogens is 605 g/mol. The van der Waals surface area contributed by atoms with Gasteiger partial charge in [-0.3, -0.25) is 9.59 Å². The number of rotatable bonds is 9. The number of thioether (sulfide) groups is 1. The van der Waals surface area contributed by atoms with Crippen LogP contribution in [0.5, 0.6) is 0 Å². The van der Waals surface area contributed by atoms with E-state index in [2.05, 4.69) is 15.4 Å². The first-order chi connectivity index (χ1) is 20.5. The number of carbonyl (C=O) groups is 3. The quantitative estimate of drug-likeness (QED) is 0.193. The van der Waals surface area contributed by atoms with E-state index in [0.29, 0.717) is 11.3 Å². The summed E-state index contributed by atoms with van der Waals surface area (Å²) in [6.07, 6.45) is -0.336. The molecule has 1 fully saturated rings. The van der Waals surface area contributed by atoms with E-state index in [1.54, 1.807) is 30.3 Å². The maximum atomic E-state index is 13.7. The number of halogens is 4. The summed E-state index contributed by atoms with van der Waals surface area (Å²) in [5.41, 5.74) is 3.31. The maximum Gasteiger partial charge on any atom is 0.417 e. The number of piperidine rings is 1. The first-order valence-electron chi connectivity index (χ1n) is 13.3. The van der Waals surface area contributed by atoms with Crippen molar-refractivity contribution in [3.8, 4) is 0 Å². The minimum atomic E-state index is -4.67. The molecular formula is C30H28ClF3N4O4S. The summed E-state index contributed by atoms with van der Waals surface area (Å²) in [5, 5.41) is 12.2. The minimum Gasteiger partial charge on any atom is -0.481 e. The van der Waals surface area contributed by atoms with Gasteiger partial charge in [0.1, 0.15) is 0 Å². The third-order valence-corrected chi connectivity index (χ3v) is 7.89. The van der Waals surface area contributed by atoms with Gasteiger partial charge in [0.05, 0.1) is 28.2 Å². The summed E-state index contributed by atoms with van der Waals surface area (Å²) < 4.78 is 39.7. The fourth-order valence-electron chi connectivity index (χ4n) is 4.52. The van der Waals surface area contributed by atoms with Crippen LogP contribution in [-0.4, -0.2) is 48.1 Å². The Bertz CT molecular complexity index is 1500. The van der Waals surface area contributed by atoms with Crippen LogP contribution in [-0.2, 0) is 16.7 Å². The van der Waals surface area contributed by atoms with Crippen molar-refractivity contribution in [2.24, 2.45) is 5.10 Å². The van der Waals surface area contributed by atoms with E-state index in [1.807, 2.05) is 12.1 Å². The minimum absolute atomic E-state index is 0.0346. The number of carboxylic acids is 1. The van der Waals surface area contributed by atoms with E-state index in [-0.39, 0.29) is 22.6 Å². The van der Waals surface area contributed by atoms with Crippen molar-refractivity contribution in [2.75, 3.05) is 28.6 Å². The molecule has 226 valence electrons. The Kier molecular flexibility index (Phi) is 10.7. The van der Waals surface area contributed by atoms with Crippen molar-refractivity contribution in [2.45, 2.75) is 31.2 Å². The van der Waals surface area contributed by atoms with Crippen molar-refractivity contribution in [1.29, 1.82) is 0 Å². The summed E-state index contributed by atoms with van der Waals surface area (Å²) in [7, 11) is 0. The summed E-state index contributed by atoms with van der Waals surface area (Å²) in [6.45, 7) is 1.81. The smallest absolute Gasteiger partial charge is 0.417 e. The number of hydrogen-bond acceptors (Lipinski definition) is 6. The number of nitrogens with one attached hydrogen (secondary N) is 1. The van der Waals surface area contributed by atoms with Crippen molar-refractivity contribution in [3.05, 3.63) is 94.0 Å². The number of amides is 3. The van der Waals surface area contributed by atoms with Crippen LogP contribution < -0.4 is 15.2 Å². The van der Waals surface area contributed by atoms with Crippen LogP contribution >= 0.6 is 23.4 Å². The first-order valence-corrected chi connectivity index (χ1v) is 14.8. The lowest BCUT2D eigenvalue weighted by atomic mass is 10.1. The molecule has 13 heteroatoms. The van der Waals surface area contributed by atoms with Crippen LogP contribution in [0.2, 0.25) is 5.02 Å². The van der Waals surface area contributed by atoms with Crippen molar-refractivity contribution < 1.29 is 32.7 Å². The van der Waals surface area contributed by atoms with Gasteiger partial charge in [-0.25, -0.2) is 15.1 Å². The number of urea groups is 1. The lowest BCUT2D eigenvalue weighted by Crippen LogP contribution is -2.42. The number of nitrogens with zero attached hydrogens (tertiary/aromatic N) is 3. The number of alkyl halides is 3. The van der Waals surface area contributed by atoms with Gasteiger partial charge in [-0.05, 0) is 78.9 Å². The normalized spacial score (nSPS) is 13.6. The summed E-state index contributed by atoms with van der Waals surface area (Å²) in [5.74, 6) is -1.39. The highest BCUT2D eigenvalue weighted by Crippen LogP contribution is 2.35. The second-order valence-corrected chi connectivity index (χ2v) is 11.1. The molecule has 4 rings (SSSR count). The van der Waals surface area contributed by atoms with E-state index >= 15 is 0 Å². The molecule has 2 N–H and O–H groups in total. The molecule has 8 nitrogen and oxygen atoms in total. The Morgan fingerprint density at radius 1 is 1.02 bits per heavy atom. The van der Waals surface area contributed by atoms with Gasteiger partial charge in [0.15, 0.2) is 0 Å². The third-order valence-electron chi connectivity index (χ3n) is 6.57. The van der Waals surface area contributed by atoms with Crippen LogP contribution in [0.4, 0.5) is 29.3 Å². The molecule has 0 atom stereocenters. The van der Waals surface area contributed by atoms with Crippen molar-refractivity contribution in [3.63, 3.8) is 0 Å². The number of imide groups is 1. The van der Waals surface area contributed by atoms with Gasteiger partial charge in [-0.1, -0.05) is 29.8 Å². The highest BCUT2D eigenvalue weighted by atomic mass is 35.5. The Labute approximate surface area is 255 Å². The molecule has 0 aromatic heterocycles. The van der Waals surface area contributed by atoms with Crippen LogP contribution in [0.15, 0.2) is 71.8 Å². The van der Waals surface area contributed by atoms with E-state index in [0.717, 1.165) is 54.9 Å². The SMILES string of the molecule is O=C(O)CSCc1cccc(C(=O)N(C(=O)NN=Cc2ccc(Cl)c(C(F)(F)F)c2)c2ccc(N3CCCCC3)cc2)c1. The summed E-state index contributed by atoms with van der Waals surface area (Å²) in [4.78, 5) is 41.0. The Hall–Kier alpha value is -4.03.